The van der Waals surface area contributed by atoms with Gasteiger partial charge in [-0.1, -0.05) is 19.9 Å². The number of carboxylic acid groups (broad SMARTS) is 1. The molecule has 4 rings (SSSR count). The molecule has 0 radical (unpaired) electrons. The molecule has 3 N–H and O–H groups in total. The van der Waals surface area contributed by atoms with Gasteiger partial charge in [-0.05, 0) is 74.2 Å². The van der Waals surface area contributed by atoms with Crippen LogP contribution in [0, 0.1) is 34.0 Å². The fraction of sp³-hybridized carbons (Fsp3) is 0.850. The topological polar surface area (TPSA) is 77.8 Å². The summed E-state index contributed by atoms with van der Waals surface area (Å²) < 4.78 is 0. The Bertz CT molecular complexity index is 600. The summed E-state index contributed by atoms with van der Waals surface area (Å²) in [6.07, 6.45) is 4.80. The Morgan fingerprint density at radius 2 is 1.92 bits per heavy atom. The molecule has 0 aromatic rings. The average molecular weight is 334 g/mol. The van der Waals surface area contributed by atoms with Crippen LogP contribution in [0.25, 0.3) is 0 Å². The molecule has 134 valence electrons. The highest BCUT2D eigenvalue weighted by Crippen LogP contribution is 2.72. The molecule has 4 heteroatoms. The van der Waals surface area contributed by atoms with Crippen LogP contribution in [0.2, 0.25) is 0 Å². The zero-order valence-corrected chi connectivity index (χ0v) is 14.8. The number of aliphatic hydroxyl groups is 2. The van der Waals surface area contributed by atoms with E-state index in [4.69, 9.17) is 0 Å². The molecule has 0 heterocycles. The van der Waals surface area contributed by atoms with Gasteiger partial charge in [0, 0.05) is 5.41 Å². The molecule has 0 aliphatic heterocycles. The molecule has 1 spiro atoms. The van der Waals surface area contributed by atoms with Gasteiger partial charge in [0.05, 0.1) is 17.6 Å². The molecule has 8 atom stereocenters. The Labute approximate surface area is 144 Å². The molecule has 0 unspecified atom stereocenters. The van der Waals surface area contributed by atoms with Crippen molar-refractivity contribution in [3.05, 3.63) is 12.2 Å². The minimum Gasteiger partial charge on any atom is -0.481 e. The fourth-order valence-corrected chi connectivity index (χ4v) is 7.73. The first-order chi connectivity index (χ1) is 11.2. The normalized spacial score (nSPS) is 56.5. The van der Waals surface area contributed by atoms with Gasteiger partial charge in [0.15, 0.2) is 0 Å². The zero-order chi connectivity index (χ0) is 17.5. The smallest absolute Gasteiger partial charge is 0.309 e. The molecular weight excluding hydrogens is 304 g/mol. The van der Waals surface area contributed by atoms with Gasteiger partial charge in [-0.25, -0.2) is 0 Å². The standard InChI is InChI=1S/C20H30O4/c1-11-12-9-13(21)15-18(2)6-4-7-19(3,17(23)24)14(18)5-8-20(15,10-12)16(11)22/h12-16,21-22H,1,4-10H2,2-3H3,(H,23,24)/t12-,13-,14+,15+,16-,18-,19+,20-/m1/s1. The van der Waals surface area contributed by atoms with Gasteiger partial charge in [-0.15, -0.1) is 0 Å². The van der Waals surface area contributed by atoms with Crippen LogP contribution >= 0.6 is 0 Å². The van der Waals surface area contributed by atoms with Crippen molar-refractivity contribution in [2.75, 3.05) is 0 Å². The second-order valence-electron chi connectivity index (χ2n) is 9.57. The minimum absolute atomic E-state index is 0.0202. The first-order valence-corrected chi connectivity index (χ1v) is 9.45. The van der Waals surface area contributed by atoms with Gasteiger partial charge in [-0.2, -0.15) is 0 Å². The van der Waals surface area contributed by atoms with Gasteiger partial charge in [0.2, 0.25) is 0 Å². The van der Waals surface area contributed by atoms with E-state index in [1.165, 1.54) is 0 Å². The number of aliphatic hydroxyl groups excluding tert-OH is 2. The molecule has 0 aromatic carbocycles. The van der Waals surface area contributed by atoms with Crippen molar-refractivity contribution in [2.45, 2.75) is 71.0 Å². The Balaban J connectivity index is 1.82. The van der Waals surface area contributed by atoms with E-state index < -0.39 is 23.6 Å². The maximum Gasteiger partial charge on any atom is 0.309 e. The molecule has 4 aliphatic rings. The molecule has 0 aromatic heterocycles. The number of carboxylic acids is 1. The minimum atomic E-state index is -0.717. The quantitative estimate of drug-likeness (QED) is 0.644. The summed E-state index contributed by atoms with van der Waals surface area (Å²) >= 11 is 0. The Hall–Kier alpha value is -0.870. The van der Waals surface area contributed by atoms with Crippen LogP contribution in [-0.2, 0) is 4.79 Å². The van der Waals surface area contributed by atoms with E-state index in [-0.39, 0.29) is 28.6 Å². The van der Waals surface area contributed by atoms with E-state index in [2.05, 4.69) is 13.5 Å². The Morgan fingerprint density at radius 3 is 2.58 bits per heavy atom. The summed E-state index contributed by atoms with van der Waals surface area (Å²) in [5, 5.41) is 31.9. The first-order valence-electron chi connectivity index (χ1n) is 9.45. The van der Waals surface area contributed by atoms with Crippen LogP contribution in [-0.4, -0.2) is 33.5 Å². The summed E-state index contributed by atoms with van der Waals surface area (Å²) in [4.78, 5) is 12.1. The van der Waals surface area contributed by atoms with Crippen LogP contribution < -0.4 is 0 Å². The van der Waals surface area contributed by atoms with Crippen molar-refractivity contribution >= 4 is 5.97 Å². The van der Waals surface area contributed by atoms with E-state index in [1.807, 2.05) is 6.92 Å². The highest BCUT2D eigenvalue weighted by Gasteiger charge is 2.69. The zero-order valence-electron chi connectivity index (χ0n) is 14.8. The molecule has 24 heavy (non-hydrogen) atoms. The highest BCUT2D eigenvalue weighted by atomic mass is 16.4. The lowest BCUT2D eigenvalue weighted by Gasteiger charge is -2.64. The van der Waals surface area contributed by atoms with Crippen molar-refractivity contribution in [3.63, 3.8) is 0 Å². The van der Waals surface area contributed by atoms with Gasteiger partial charge in [0.1, 0.15) is 0 Å². The van der Waals surface area contributed by atoms with Gasteiger partial charge >= 0.3 is 5.97 Å². The summed E-state index contributed by atoms with van der Waals surface area (Å²) in [7, 11) is 0. The number of rotatable bonds is 1. The number of hydrogen-bond acceptors (Lipinski definition) is 3. The predicted molar refractivity (Wildman–Crippen MR) is 90.2 cm³/mol. The third kappa shape index (κ3) is 1.74. The highest BCUT2D eigenvalue weighted by molar-refractivity contribution is 5.75. The fourth-order valence-electron chi connectivity index (χ4n) is 7.73. The lowest BCUT2D eigenvalue weighted by molar-refractivity contribution is -0.212. The Morgan fingerprint density at radius 1 is 1.21 bits per heavy atom. The molecule has 0 amide bonds. The van der Waals surface area contributed by atoms with Crippen molar-refractivity contribution < 1.29 is 20.1 Å². The van der Waals surface area contributed by atoms with E-state index in [0.717, 1.165) is 44.1 Å². The first kappa shape index (κ1) is 16.6. The van der Waals surface area contributed by atoms with Crippen LogP contribution in [0.3, 0.4) is 0 Å². The molecule has 0 saturated heterocycles. The molecule has 4 nitrogen and oxygen atoms in total. The molecule has 4 aliphatic carbocycles. The van der Waals surface area contributed by atoms with Crippen molar-refractivity contribution in [3.8, 4) is 0 Å². The third-order valence-electron chi connectivity index (χ3n) is 8.65. The summed E-state index contributed by atoms with van der Waals surface area (Å²) in [6, 6.07) is 0. The van der Waals surface area contributed by atoms with Gasteiger partial charge in [-0.3, -0.25) is 4.79 Å². The average Bonchev–Trinajstić information content (AvgIpc) is 2.68. The largest absolute Gasteiger partial charge is 0.481 e. The lowest BCUT2D eigenvalue weighted by Crippen LogP contribution is -2.63. The van der Waals surface area contributed by atoms with Gasteiger partial charge < -0.3 is 15.3 Å². The maximum absolute atomic E-state index is 12.1. The second-order valence-corrected chi connectivity index (χ2v) is 9.57. The van der Waals surface area contributed by atoms with Crippen molar-refractivity contribution in [1.29, 1.82) is 0 Å². The number of aliphatic carboxylic acids is 1. The molecule has 4 fully saturated rings. The van der Waals surface area contributed by atoms with Crippen LogP contribution in [0.4, 0.5) is 0 Å². The van der Waals surface area contributed by atoms with Crippen LogP contribution in [0.5, 0.6) is 0 Å². The van der Waals surface area contributed by atoms with Crippen molar-refractivity contribution in [1.82, 2.24) is 0 Å². The third-order valence-corrected chi connectivity index (χ3v) is 8.65. The number of fused-ring (bicyclic) bond motifs is 3. The van der Waals surface area contributed by atoms with Gasteiger partial charge in [0.25, 0.3) is 0 Å². The lowest BCUT2D eigenvalue weighted by atomic mass is 9.40. The maximum atomic E-state index is 12.1. The number of hydrogen-bond donors (Lipinski definition) is 3. The monoisotopic (exact) mass is 334 g/mol. The van der Waals surface area contributed by atoms with E-state index in [0.29, 0.717) is 6.42 Å². The van der Waals surface area contributed by atoms with Crippen LogP contribution in [0.15, 0.2) is 12.2 Å². The van der Waals surface area contributed by atoms with E-state index >= 15 is 0 Å². The molecule has 4 saturated carbocycles. The van der Waals surface area contributed by atoms with Crippen LogP contribution in [0.1, 0.15) is 58.8 Å². The summed E-state index contributed by atoms with van der Waals surface area (Å²) in [5.74, 6) is -0.429. The number of carbonyl (C=O) groups is 1. The summed E-state index contributed by atoms with van der Waals surface area (Å²) in [6.45, 7) is 8.22. The molecular formula is C20H30O4. The predicted octanol–water partition coefficient (Wildman–Crippen LogP) is 2.98. The SMILES string of the molecule is C=C1[C@@H]2C[C@@H](O)[C@H]3[C@]4(C)CCC[C@](C)(C(=O)O)[C@H]4CC[C@]3(C2)[C@@H]1O. The van der Waals surface area contributed by atoms with E-state index in [9.17, 15) is 20.1 Å². The second kappa shape index (κ2) is 4.85. The van der Waals surface area contributed by atoms with Crippen molar-refractivity contribution in [2.24, 2.45) is 34.0 Å². The Kier molecular flexibility index (Phi) is 3.35. The summed E-state index contributed by atoms with van der Waals surface area (Å²) in [5.41, 5.74) is -0.331. The van der Waals surface area contributed by atoms with E-state index in [1.54, 1.807) is 0 Å². The molecule has 2 bridgehead atoms.